The zero-order valence-electron chi connectivity index (χ0n) is 4.93. The topological polar surface area (TPSA) is 37.8 Å². The van der Waals surface area contributed by atoms with Crippen molar-refractivity contribution in [1.82, 2.24) is 9.97 Å². The van der Waals surface area contributed by atoms with Crippen molar-refractivity contribution in [3.8, 4) is 0 Å². The molecule has 1 heterocycles. The van der Waals surface area contributed by atoms with Crippen molar-refractivity contribution in [2.45, 2.75) is 0 Å². The molecule has 1 rings (SSSR count). The molecule has 1 aromatic heterocycles. The highest BCUT2D eigenvalue weighted by atomic mass is 79.9. The fraction of sp³-hybridized carbons (Fsp3) is 0.200. The first-order chi connectivity index (χ1) is 4.33. The lowest BCUT2D eigenvalue weighted by molar-refractivity contribution is 1.13. The van der Waals surface area contributed by atoms with Crippen LogP contribution in [0.25, 0.3) is 0 Å². The molecule has 0 spiro atoms. The van der Waals surface area contributed by atoms with Gasteiger partial charge in [-0.3, -0.25) is 0 Å². The lowest BCUT2D eigenvalue weighted by atomic mass is 10.6. The second kappa shape index (κ2) is 2.77. The molecular formula is C5H6BrN3. The number of hydrogen-bond donors (Lipinski definition) is 1. The Labute approximate surface area is 61.7 Å². The maximum absolute atomic E-state index is 3.91. The first kappa shape index (κ1) is 6.48. The molecule has 1 aromatic rings. The van der Waals surface area contributed by atoms with Crippen LogP contribution >= 0.6 is 15.9 Å². The molecule has 0 saturated carbocycles. The van der Waals surface area contributed by atoms with Crippen molar-refractivity contribution >= 4 is 21.7 Å². The molecule has 9 heavy (non-hydrogen) atoms. The van der Waals surface area contributed by atoms with Crippen LogP contribution in [0.15, 0.2) is 17.0 Å². The zero-order valence-corrected chi connectivity index (χ0v) is 6.51. The van der Waals surface area contributed by atoms with Crippen LogP contribution in [0.1, 0.15) is 0 Å². The van der Waals surface area contributed by atoms with Crippen LogP contribution in [-0.4, -0.2) is 17.0 Å². The summed E-state index contributed by atoms with van der Waals surface area (Å²) in [5, 5.41) is 2.89. The van der Waals surface area contributed by atoms with Gasteiger partial charge in [0.15, 0.2) is 0 Å². The summed E-state index contributed by atoms with van der Waals surface area (Å²) in [5.74, 6) is 0.817. The number of rotatable bonds is 1. The van der Waals surface area contributed by atoms with Crippen molar-refractivity contribution in [1.29, 1.82) is 0 Å². The highest BCUT2D eigenvalue weighted by Crippen LogP contribution is 2.07. The third kappa shape index (κ3) is 1.64. The van der Waals surface area contributed by atoms with Crippen LogP contribution in [0.2, 0.25) is 0 Å². The molecule has 0 saturated heterocycles. The van der Waals surface area contributed by atoms with Gasteiger partial charge in [-0.05, 0) is 15.9 Å². The normalized spacial score (nSPS) is 9.11. The maximum atomic E-state index is 3.91. The first-order valence-electron chi connectivity index (χ1n) is 2.48. The number of nitrogens with zero attached hydrogens (tertiary/aromatic N) is 2. The van der Waals surface area contributed by atoms with Gasteiger partial charge in [-0.25, -0.2) is 9.97 Å². The third-order valence-corrected chi connectivity index (χ3v) is 1.32. The molecule has 0 radical (unpaired) electrons. The summed E-state index contributed by atoms with van der Waals surface area (Å²) in [5.41, 5.74) is 0. The van der Waals surface area contributed by atoms with Gasteiger partial charge in [0.25, 0.3) is 0 Å². The summed E-state index contributed by atoms with van der Waals surface area (Å²) in [6.45, 7) is 0. The van der Waals surface area contributed by atoms with E-state index in [1.807, 2.05) is 7.05 Å². The monoisotopic (exact) mass is 187 g/mol. The highest BCUT2D eigenvalue weighted by molar-refractivity contribution is 9.10. The molecule has 3 nitrogen and oxygen atoms in total. The molecule has 4 heteroatoms. The van der Waals surface area contributed by atoms with E-state index in [-0.39, 0.29) is 0 Å². The predicted molar refractivity (Wildman–Crippen MR) is 39.3 cm³/mol. The minimum Gasteiger partial charge on any atom is -0.373 e. The average molecular weight is 188 g/mol. The maximum Gasteiger partial charge on any atom is 0.130 e. The molecular weight excluding hydrogens is 182 g/mol. The van der Waals surface area contributed by atoms with Crippen LogP contribution in [0.4, 0.5) is 5.82 Å². The van der Waals surface area contributed by atoms with E-state index < -0.39 is 0 Å². The Balaban J connectivity index is 2.94. The van der Waals surface area contributed by atoms with Crippen LogP contribution in [-0.2, 0) is 0 Å². The molecule has 0 aliphatic heterocycles. The Morgan fingerprint density at radius 2 is 2.33 bits per heavy atom. The second-order valence-electron chi connectivity index (χ2n) is 1.48. The van der Waals surface area contributed by atoms with Gasteiger partial charge in [0.2, 0.25) is 0 Å². The largest absolute Gasteiger partial charge is 0.373 e. The predicted octanol–water partition coefficient (Wildman–Crippen LogP) is 1.28. The lowest BCUT2D eigenvalue weighted by Gasteiger charge is -1.95. The van der Waals surface area contributed by atoms with Gasteiger partial charge in [0.05, 0.1) is 0 Å². The van der Waals surface area contributed by atoms with Gasteiger partial charge < -0.3 is 5.32 Å². The zero-order chi connectivity index (χ0) is 6.69. The van der Waals surface area contributed by atoms with Crippen LogP contribution in [0, 0.1) is 0 Å². The van der Waals surface area contributed by atoms with E-state index in [1.165, 1.54) is 6.33 Å². The number of anilines is 1. The molecule has 0 aliphatic carbocycles. The van der Waals surface area contributed by atoms with Crippen molar-refractivity contribution in [2.75, 3.05) is 12.4 Å². The number of nitrogens with one attached hydrogen (secondary N) is 1. The fourth-order valence-corrected chi connectivity index (χ4v) is 0.779. The van der Waals surface area contributed by atoms with Crippen LogP contribution < -0.4 is 5.32 Å². The van der Waals surface area contributed by atoms with Crippen molar-refractivity contribution in [2.24, 2.45) is 0 Å². The summed E-state index contributed by atoms with van der Waals surface area (Å²) in [7, 11) is 1.81. The van der Waals surface area contributed by atoms with Crippen LogP contribution in [0.5, 0.6) is 0 Å². The summed E-state index contributed by atoms with van der Waals surface area (Å²) in [6, 6.07) is 1.81. The fourth-order valence-electron chi connectivity index (χ4n) is 0.470. The summed E-state index contributed by atoms with van der Waals surface area (Å²) in [6.07, 6.45) is 1.50. The second-order valence-corrected chi connectivity index (χ2v) is 2.29. The number of aromatic nitrogens is 2. The Morgan fingerprint density at radius 1 is 1.56 bits per heavy atom. The Hall–Kier alpha value is -0.640. The molecule has 0 atom stereocenters. The Bertz CT molecular complexity index is 201. The molecule has 48 valence electrons. The van der Waals surface area contributed by atoms with Crippen LogP contribution in [0.3, 0.4) is 0 Å². The molecule has 1 N–H and O–H groups in total. The van der Waals surface area contributed by atoms with E-state index in [9.17, 15) is 0 Å². The highest BCUT2D eigenvalue weighted by Gasteiger charge is 1.89. The molecule has 0 unspecified atom stereocenters. The Kier molecular flexibility index (Phi) is 2.00. The lowest BCUT2D eigenvalue weighted by Crippen LogP contribution is -1.91. The molecule has 0 bridgehead atoms. The molecule has 0 aliphatic rings. The number of halogens is 1. The van der Waals surface area contributed by atoms with Crippen molar-refractivity contribution in [3.05, 3.63) is 17.0 Å². The van der Waals surface area contributed by atoms with Crippen molar-refractivity contribution < 1.29 is 0 Å². The van der Waals surface area contributed by atoms with Gasteiger partial charge in [0.1, 0.15) is 16.7 Å². The van der Waals surface area contributed by atoms with Gasteiger partial charge in [-0.2, -0.15) is 0 Å². The van der Waals surface area contributed by atoms with E-state index in [4.69, 9.17) is 0 Å². The standard InChI is InChI=1S/C5H6BrN3/c1-7-5-2-4(6)8-3-9-5/h2-3H,1H3,(H,7,8,9). The summed E-state index contributed by atoms with van der Waals surface area (Å²) < 4.78 is 0.793. The minimum absolute atomic E-state index is 0.793. The van der Waals surface area contributed by atoms with E-state index in [0.29, 0.717) is 0 Å². The molecule has 0 amide bonds. The van der Waals surface area contributed by atoms with Crippen molar-refractivity contribution in [3.63, 3.8) is 0 Å². The quantitative estimate of drug-likeness (QED) is 0.674. The summed E-state index contributed by atoms with van der Waals surface area (Å²) >= 11 is 3.21. The van der Waals surface area contributed by atoms with Gasteiger partial charge in [-0.15, -0.1) is 0 Å². The number of hydrogen-bond acceptors (Lipinski definition) is 3. The minimum atomic E-state index is 0.793. The van der Waals surface area contributed by atoms with E-state index in [0.717, 1.165) is 10.4 Å². The first-order valence-corrected chi connectivity index (χ1v) is 3.27. The van der Waals surface area contributed by atoms with E-state index in [1.54, 1.807) is 6.07 Å². The van der Waals surface area contributed by atoms with Gasteiger partial charge >= 0.3 is 0 Å². The average Bonchev–Trinajstić information content (AvgIpc) is 1.88. The van der Waals surface area contributed by atoms with E-state index in [2.05, 4.69) is 31.2 Å². The smallest absolute Gasteiger partial charge is 0.130 e. The van der Waals surface area contributed by atoms with E-state index >= 15 is 0 Å². The van der Waals surface area contributed by atoms with Gasteiger partial charge in [-0.1, -0.05) is 0 Å². The molecule has 0 aromatic carbocycles. The van der Waals surface area contributed by atoms with Gasteiger partial charge in [0, 0.05) is 13.1 Å². The molecule has 0 fully saturated rings. The Morgan fingerprint density at radius 3 is 2.78 bits per heavy atom. The third-order valence-electron chi connectivity index (χ3n) is 0.890. The summed E-state index contributed by atoms with van der Waals surface area (Å²) in [4.78, 5) is 7.76. The SMILES string of the molecule is CNc1cc(Br)ncn1.